The van der Waals surface area contributed by atoms with Crippen molar-refractivity contribution in [2.75, 3.05) is 0 Å². The minimum Gasteiger partial charge on any atom is -0.308 e. The first-order chi connectivity index (χ1) is 19.3. The highest BCUT2D eigenvalue weighted by atomic mass is 15.0. The topological polar surface area (TPSA) is 17.8 Å². The van der Waals surface area contributed by atoms with E-state index < -0.39 is 0 Å². The van der Waals surface area contributed by atoms with Gasteiger partial charge in [0.2, 0.25) is 0 Å². The van der Waals surface area contributed by atoms with E-state index in [1.165, 1.54) is 60.2 Å². The molecule has 0 atom stereocenters. The Hall–Kier alpha value is -5.21. The average Bonchev–Trinajstić information content (AvgIpc) is 3.35. The molecule has 0 amide bonds. The molecule has 0 saturated carbocycles. The first-order valence-electron chi connectivity index (χ1n) is 13.3. The van der Waals surface area contributed by atoms with Gasteiger partial charge in [0.1, 0.15) is 0 Å². The van der Waals surface area contributed by atoms with Crippen LogP contribution in [-0.4, -0.2) is 9.55 Å². The highest BCUT2D eigenvalue weighted by molar-refractivity contribution is 6.19. The summed E-state index contributed by atoms with van der Waals surface area (Å²) < 4.78 is 2.47. The number of fused-ring (bicyclic) bond motifs is 6. The van der Waals surface area contributed by atoms with Crippen LogP contribution in [0.15, 0.2) is 146 Å². The van der Waals surface area contributed by atoms with Crippen LogP contribution < -0.4 is 0 Å². The van der Waals surface area contributed by atoms with Crippen LogP contribution in [0.4, 0.5) is 0 Å². The van der Waals surface area contributed by atoms with Crippen LogP contribution in [-0.2, 0) is 0 Å². The number of hydrogen-bond donors (Lipinski definition) is 0. The fourth-order valence-corrected chi connectivity index (χ4v) is 6.00. The van der Waals surface area contributed by atoms with Gasteiger partial charge in [0.05, 0.1) is 22.4 Å². The molecule has 0 fully saturated rings. The maximum Gasteiger partial charge on any atom is 0.0702 e. The zero-order valence-electron chi connectivity index (χ0n) is 21.3. The lowest BCUT2D eigenvalue weighted by molar-refractivity contribution is 1.20. The summed E-state index contributed by atoms with van der Waals surface area (Å²) in [5.41, 5.74) is 8.13. The molecule has 0 aliphatic heterocycles. The van der Waals surface area contributed by atoms with E-state index in [0.29, 0.717) is 0 Å². The van der Waals surface area contributed by atoms with Crippen molar-refractivity contribution in [1.29, 1.82) is 0 Å². The van der Waals surface area contributed by atoms with Crippen LogP contribution in [0.1, 0.15) is 0 Å². The molecule has 182 valence electrons. The lowest BCUT2D eigenvalue weighted by Crippen LogP contribution is -1.96. The normalized spacial score (nSPS) is 11.6. The largest absolute Gasteiger partial charge is 0.308 e. The van der Waals surface area contributed by atoms with Crippen LogP contribution in [0.25, 0.3) is 71.4 Å². The van der Waals surface area contributed by atoms with Crippen molar-refractivity contribution in [2.24, 2.45) is 0 Å². The number of pyridine rings is 1. The maximum atomic E-state index is 4.57. The van der Waals surface area contributed by atoms with Crippen LogP contribution in [0.5, 0.6) is 0 Å². The second-order valence-corrected chi connectivity index (χ2v) is 10.0. The van der Waals surface area contributed by atoms with Gasteiger partial charge >= 0.3 is 0 Å². The Morgan fingerprint density at radius 3 is 2.00 bits per heavy atom. The molecule has 0 N–H and O–H groups in total. The molecule has 6 aromatic carbocycles. The number of nitrogens with zero attached hydrogens (tertiary/aromatic N) is 2. The third kappa shape index (κ3) is 3.46. The number of aromatic nitrogens is 2. The van der Waals surface area contributed by atoms with Crippen molar-refractivity contribution in [3.8, 4) is 28.1 Å². The summed E-state index contributed by atoms with van der Waals surface area (Å²) in [5.74, 6) is 0. The molecule has 0 radical (unpaired) electrons. The quantitative estimate of drug-likeness (QED) is 0.238. The SMILES string of the molecule is c1ccc(-c2cccc(-c3ccc4c5ccc6ccccc6c5n(-c5cccc6ccccc56)c4c3)c2)nc1. The van der Waals surface area contributed by atoms with Crippen LogP contribution in [0.2, 0.25) is 0 Å². The summed E-state index contributed by atoms with van der Waals surface area (Å²) in [4.78, 5) is 4.57. The lowest BCUT2D eigenvalue weighted by atomic mass is 10.00. The van der Waals surface area contributed by atoms with Gasteiger partial charge < -0.3 is 4.57 Å². The predicted octanol–water partition coefficient (Wildman–Crippen LogP) is 9.82. The highest BCUT2D eigenvalue weighted by Crippen LogP contribution is 2.40. The molecule has 39 heavy (non-hydrogen) atoms. The van der Waals surface area contributed by atoms with Crippen molar-refractivity contribution in [3.05, 3.63) is 146 Å². The van der Waals surface area contributed by atoms with Gasteiger partial charge in [0.15, 0.2) is 0 Å². The van der Waals surface area contributed by atoms with E-state index in [2.05, 4.69) is 137 Å². The monoisotopic (exact) mass is 496 g/mol. The van der Waals surface area contributed by atoms with E-state index in [0.717, 1.165) is 11.3 Å². The average molecular weight is 497 g/mol. The molecule has 0 unspecified atom stereocenters. The summed E-state index contributed by atoms with van der Waals surface area (Å²) in [7, 11) is 0. The maximum absolute atomic E-state index is 4.57. The molecule has 2 nitrogen and oxygen atoms in total. The van der Waals surface area contributed by atoms with Crippen LogP contribution >= 0.6 is 0 Å². The number of rotatable bonds is 3. The third-order valence-electron chi connectivity index (χ3n) is 7.82. The van der Waals surface area contributed by atoms with E-state index in [4.69, 9.17) is 0 Å². The number of benzene rings is 6. The van der Waals surface area contributed by atoms with Gasteiger partial charge in [-0.1, -0.05) is 109 Å². The van der Waals surface area contributed by atoms with Gasteiger partial charge in [-0.15, -0.1) is 0 Å². The Morgan fingerprint density at radius 2 is 1.13 bits per heavy atom. The van der Waals surface area contributed by atoms with E-state index in [1.807, 2.05) is 18.3 Å². The van der Waals surface area contributed by atoms with Gasteiger partial charge in [-0.25, -0.2) is 0 Å². The van der Waals surface area contributed by atoms with Gasteiger partial charge in [0, 0.05) is 33.3 Å². The summed E-state index contributed by atoms with van der Waals surface area (Å²) in [6.07, 6.45) is 1.85. The van der Waals surface area contributed by atoms with Crippen molar-refractivity contribution in [1.82, 2.24) is 9.55 Å². The summed E-state index contributed by atoms with van der Waals surface area (Å²) in [6, 6.07) is 50.1. The molecular weight excluding hydrogens is 472 g/mol. The molecule has 0 spiro atoms. The molecule has 0 aliphatic rings. The Bertz CT molecular complexity index is 2170. The second kappa shape index (κ2) is 8.68. The van der Waals surface area contributed by atoms with Gasteiger partial charge in [-0.05, 0) is 52.2 Å². The van der Waals surface area contributed by atoms with E-state index in [9.17, 15) is 0 Å². The molecule has 0 bridgehead atoms. The van der Waals surface area contributed by atoms with Crippen LogP contribution in [0, 0.1) is 0 Å². The Labute approximate surface area is 226 Å². The third-order valence-corrected chi connectivity index (χ3v) is 7.82. The molecule has 0 saturated heterocycles. The van der Waals surface area contributed by atoms with Crippen molar-refractivity contribution in [3.63, 3.8) is 0 Å². The molecular formula is C37H24N2. The van der Waals surface area contributed by atoms with Gasteiger partial charge in [0.25, 0.3) is 0 Å². The summed E-state index contributed by atoms with van der Waals surface area (Å²) in [6.45, 7) is 0. The predicted molar refractivity (Wildman–Crippen MR) is 164 cm³/mol. The zero-order chi connectivity index (χ0) is 25.8. The lowest BCUT2D eigenvalue weighted by Gasteiger charge is -2.13. The zero-order valence-corrected chi connectivity index (χ0v) is 21.3. The Morgan fingerprint density at radius 1 is 0.436 bits per heavy atom. The van der Waals surface area contributed by atoms with Crippen molar-refractivity contribution in [2.45, 2.75) is 0 Å². The summed E-state index contributed by atoms with van der Waals surface area (Å²) >= 11 is 0. The van der Waals surface area contributed by atoms with Crippen molar-refractivity contribution >= 4 is 43.4 Å². The Balaban J connectivity index is 1.46. The minimum absolute atomic E-state index is 0.983. The smallest absolute Gasteiger partial charge is 0.0702 e. The van der Waals surface area contributed by atoms with Crippen molar-refractivity contribution < 1.29 is 0 Å². The molecule has 2 heteroatoms. The Kier molecular flexibility index (Phi) is 4.86. The highest BCUT2D eigenvalue weighted by Gasteiger charge is 2.17. The van der Waals surface area contributed by atoms with E-state index in [-0.39, 0.29) is 0 Å². The molecule has 8 aromatic rings. The molecule has 2 aromatic heterocycles. The molecule has 2 heterocycles. The number of hydrogen-bond acceptors (Lipinski definition) is 1. The van der Waals surface area contributed by atoms with E-state index in [1.54, 1.807) is 0 Å². The van der Waals surface area contributed by atoms with Gasteiger partial charge in [-0.3, -0.25) is 4.98 Å². The first kappa shape index (κ1) is 21.8. The molecule has 0 aliphatic carbocycles. The minimum atomic E-state index is 0.983. The summed E-state index contributed by atoms with van der Waals surface area (Å²) in [5, 5.41) is 7.52. The van der Waals surface area contributed by atoms with Crippen LogP contribution in [0.3, 0.4) is 0 Å². The standard InChI is InChI=1S/C37H24N2/c1-3-14-30-25(9-1)11-8-17-35(30)39-36-24-28(27-12-7-13-29(23-27)34-16-5-6-22-38-34)19-20-32(36)33-21-18-26-10-2-4-15-31(26)37(33)39/h1-24H. The van der Waals surface area contributed by atoms with E-state index >= 15 is 0 Å². The second-order valence-electron chi connectivity index (χ2n) is 10.0. The fraction of sp³-hybridized carbons (Fsp3) is 0. The van der Waals surface area contributed by atoms with Gasteiger partial charge in [-0.2, -0.15) is 0 Å². The first-order valence-corrected chi connectivity index (χ1v) is 13.3. The fourth-order valence-electron chi connectivity index (χ4n) is 6.00. The molecule has 8 rings (SSSR count).